The lowest BCUT2D eigenvalue weighted by Crippen LogP contribution is -2.53. The predicted octanol–water partition coefficient (Wildman–Crippen LogP) is 5.53. The van der Waals surface area contributed by atoms with Gasteiger partial charge < -0.3 is 35.0 Å². The Morgan fingerprint density at radius 3 is 2.22 bits per heavy atom. The largest absolute Gasteiger partial charge is 0.453 e. The molecule has 2 aromatic carbocycles. The third-order valence-electron chi connectivity index (χ3n) is 9.04. The van der Waals surface area contributed by atoms with Crippen LogP contribution in [0.15, 0.2) is 60.9 Å². The number of carbonyl (C=O) groups excluding carboxylic acids is 3. The van der Waals surface area contributed by atoms with Crippen LogP contribution in [0.1, 0.15) is 81.2 Å². The number of methoxy groups -OCH3 is 2. The zero-order chi connectivity index (χ0) is 36.2. The van der Waals surface area contributed by atoms with Crippen molar-refractivity contribution in [3.63, 3.8) is 0 Å². The predicted molar refractivity (Wildman–Crippen MR) is 194 cm³/mol. The second kappa shape index (κ2) is 18.0. The summed E-state index contributed by atoms with van der Waals surface area (Å²) in [6.07, 6.45) is 8.14. The summed E-state index contributed by atoms with van der Waals surface area (Å²) in [4.78, 5) is 54.7. The van der Waals surface area contributed by atoms with Crippen molar-refractivity contribution in [2.75, 3.05) is 27.3 Å². The van der Waals surface area contributed by atoms with Gasteiger partial charge in [0.15, 0.2) is 0 Å². The minimum atomic E-state index is -0.847. The Morgan fingerprint density at radius 1 is 0.941 bits per heavy atom. The van der Waals surface area contributed by atoms with Gasteiger partial charge >= 0.3 is 6.09 Å². The number of aromatic amines is 2. The quantitative estimate of drug-likeness (QED) is 0.100. The second-order valence-electron chi connectivity index (χ2n) is 12.6. The van der Waals surface area contributed by atoms with Crippen LogP contribution >= 0.6 is 0 Å². The van der Waals surface area contributed by atoms with Crippen molar-refractivity contribution in [1.82, 2.24) is 35.5 Å². The molecule has 1 saturated heterocycles. The van der Waals surface area contributed by atoms with Crippen molar-refractivity contribution in [1.29, 1.82) is 0 Å². The Balaban J connectivity index is 1.09. The van der Waals surface area contributed by atoms with E-state index >= 15 is 0 Å². The first-order valence-electron chi connectivity index (χ1n) is 17.6. The van der Waals surface area contributed by atoms with E-state index in [4.69, 9.17) is 4.74 Å². The smallest absolute Gasteiger partial charge is 0.407 e. The fourth-order valence-electron chi connectivity index (χ4n) is 6.06. The van der Waals surface area contributed by atoms with Gasteiger partial charge in [-0.25, -0.2) is 14.8 Å². The number of nitrogens with zero attached hydrogens (tertiary/aromatic N) is 3. The van der Waals surface area contributed by atoms with Crippen LogP contribution in [0.3, 0.4) is 0 Å². The number of rotatable bonds is 14. The van der Waals surface area contributed by atoms with Crippen LogP contribution in [0.5, 0.6) is 0 Å². The third kappa shape index (κ3) is 9.86. The molecule has 4 N–H and O–H groups in total. The Kier molecular flexibility index (Phi) is 13.0. The molecule has 12 nitrogen and oxygen atoms in total. The van der Waals surface area contributed by atoms with Crippen LogP contribution in [0.25, 0.3) is 22.5 Å². The van der Waals surface area contributed by atoms with Crippen molar-refractivity contribution in [3.8, 4) is 34.4 Å². The molecule has 2 aromatic heterocycles. The number of amides is 3. The maximum Gasteiger partial charge on any atom is 0.407 e. The maximum atomic E-state index is 12.6. The summed E-state index contributed by atoms with van der Waals surface area (Å²) in [6.45, 7) is 5.00. The highest BCUT2D eigenvalue weighted by atomic mass is 16.5. The first kappa shape index (κ1) is 36.9. The van der Waals surface area contributed by atoms with Gasteiger partial charge in [0.2, 0.25) is 11.8 Å². The third-order valence-corrected chi connectivity index (χ3v) is 9.04. The number of nitrogens with one attached hydrogen (secondary N) is 4. The van der Waals surface area contributed by atoms with E-state index in [0.29, 0.717) is 13.0 Å². The normalized spacial score (nSPS) is 15.1. The van der Waals surface area contributed by atoms with E-state index in [1.807, 2.05) is 72.7 Å². The van der Waals surface area contributed by atoms with Crippen molar-refractivity contribution < 1.29 is 23.9 Å². The van der Waals surface area contributed by atoms with Gasteiger partial charge in [0, 0.05) is 44.2 Å². The molecule has 1 aliphatic rings. The summed E-state index contributed by atoms with van der Waals surface area (Å²) in [5, 5.41) is 5.36. The summed E-state index contributed by atoms with van der Waals surface area (Å²) < 4.78 is 9.83. The second-order valence-corrected chi connectivity index (χ2v) is 12.6. The molecule has 51 heavy (non-hydrogen) atoms. The molecule has 1 fully saturated rings. The summed E-state index contributed by atoms with van der Waals surface area (Å²) in [5.74, 6) is 8.10. The van der Waals surface area contributed by atoms with Crippen LogP contribution in [-0.4, -0.2) is 82.2 Å². The van der Waals surface area contributed by atoms with E-state index in [9.17, 15) is 14.4 Å². The Labute approximate surface area is 299 Å². The number of carbonyl (C=O) groups is 3. The maximum absolute atomic E-state index is 12.6. The number of alkyl carbamates (subject to hydrolysis) is 1. The van der Waals surface area contributed by atoms with Crippen molar-refractivity contribution in [2.24, 2.45) is 0 Å². The zero-order valence-electron chi connectivity index (χ0n) is 29.8. The molecule has 3 unspecified atom stereocenters. The topological polar surface area (TPSA) is 154 Å². The highest BCUT2D eigenvalue weighted by Crippen LogP contribution is 2.32. The average molecular weight is 694 g/mol. The monoisotopic (exact) mass is 693 g/mol. The van der Waals surface area contributed by atoms with Crippen LogP contribution in [0.4, 0.5) is 4.79 Å². The summed E-state index contributed by atoms with van der Waals surface area (Å²) in [6, 6.07) is 15.3. The minimum Gasteiger partial charge on any atom is -0.453 e. The molecule has 3 atom stereocenters. The van der Waals surface area contributed by atoms with Gasteiger partial charge in [0.1, 0.15) is 17.7 Å². The van der Waals surface area contributed by atoms with Crippen LogP contribution < -0.4 is 10.6 Å². The van der Waals surface area contributed by atoms with Gasteiger partial charge in [-0.1, -0.05) is 43.0 Å². The van der Waals surface area contributed by atoms with E-state index in [1.165, 1.54) is 14.2 Å². The lowest BCUT2D eigenvalue weighted by Gasteiger charge is -2.23. The molecule has 4 aromatic rings. The molecular weight excluding hydrogens is 646 g/mol. The van der Waals surface area contributed by atoms with Crippen molar-refractivity contribution in [2.45, 2.75) is 77.0 Å². The van der Waals surface area contributed by atoms with Crippen LogP contribution in [0.2, 0.25) is 0 Å². The number of ether oxygens (including phenoxy) is 2. The number of imidazole rings is 2. The number of unbranched alkanes of at least 4 members (excludes halogenated alkanes) is 1. The molecule has 5 rings (SSSR count). The van der Waals surface area contributed by atoms with Crippen molar-refractivity contribution in [3.05, 3.63) is 83.7 Å². The molecule has 3 heterocycles. The summed E-state index contributed by atoms with van der Waals surface area (Å²) in [5.41, 5.74) is 5.71. The van der Waals surface area contributed by atoms with E-state index in [1.54, 1.807) is 6.92 Å². The Bertz CT molecular complexity index is 1820. The van der Waals surface area contributed by atoms with Gasteiger partial charge in [-0.15, -0.1) is 0 Å². The first-order valence-corrected chi connectivity index (χ1v) is 17.6. The number of hydrogen-bond donors (Lipinski definition) is 4. The van der Waals surface area contributed by atoms with E-state index < -0.39 is 18.2 Å². The number of benzene rings is 2. The zero-order valence-corrected chi connectivity index (χ0v) is 29.8. The lowest BCUT2D eigenvalue weighted by atomic mass is 10.1. The fourth-order valence-corrected chi connectivity index (χ4v) is 6.06. The Morgan fingerprint density at radius 2 is 1.59 bits per heavy atom. The molecule has 0 aliphatic carbocycles. The van der Waals surface area contributed by atoms with E-state index in [-0.39, 0.29) is 17.9 Å². The molecule has 268 valence electrons. The number of likely N-dealkylation sites (tertiary alicyclic amines) is 1. The van der Waals surface area contributed by atoms with Crippen LogP contribution in [0, 0.1) is 11.8 Å². The van der Waals surface area contributed by atoms with Crippen molar-refractivity contribution >= 4 is 17.9 Å². The highest BCUT2D eigenvalue weighted by Gasteiger charge is 2.31. The van der Waals surface area contributed by atoms with Gasteiger partial charge in [-0.3, -0.25) is 9.59 Å². The Hall–Kier alpha value is -5.41. The highest BCUT2D eigenvalue weighted by molar-refractivity contribution is 5.86. The van der Waals surface area contributed by atoms with E-state index in [0.717, 1.165) is 90.4 Å². The number of aromatic nitrogens is 4. The lowest BCUT2D eigenvalue weighted by molar-refractivity contribution is -0.132. The minimum absolute atomic E-state index is 0.0208. The fraction of sp³-hybridized carbons (Fsp3) is 0.410. The molecule has 0 spiro atoms. The van der Waals surface area contributed by atoms with Gasteiger partial charge in [-0.05, 0) is 74.4 Å². The average Bonchev–Trinajstić information content (AvgIpc) is 3.95. The number of aryl methyl sites for hydroxylation is 1. The number of H-pyrrole nitrogens is 2. The SMILES string of the molecule is CCCC(=O)N1CCCC1c1ncc(-c2ccc(C#Cc3ccc(-c4cnc(CCCCNC(=O)C(NC(=O)OC)C(C)OC)[nH]4)cc3)cc2)[nH]1. The van der Waals surface area contributed by atoms with E-state index in [2.05, 4.69) is 47.1 Å². The standard InChI is InChI=1S/C39H47N7O5/c1-5-9-35(47)46-23-8-10-33(46)37-42-25-32(44-37)30-20-16-28(17-21-30)13-12-27-14-18-29(19-15-27)31-24-41-34(43-31)11-6-7-22-40-38(48)36(26(2)50-3)45-39(49)51-4/h14-21,24-26,33,36H,5-11,22-23H2,1-4H3,(H,40,48)(H,41,43)(H,42,44)(H,45,49). The summed E-state index contributed by atoms with van der Waals surface area (Å²) >= 11 is 0. The molecule has 3 amide bonds. The molecule has 0 radical (unpaired) electrons. The van der Waals surface area contributed by atoms with Gasteiger partial charge in [0.05, 0.1) is 43.0 Å². The molecule has 0 bridgehead atoms. The molecule has 1 aliphatic heterocycles. The molecular formula is C39H47N7O5. The van der Waals surface area contributed by atoms with Crippen LogP contribution in [-0.2, 0) is 25.5 Å². The summed E-state index contributed by atoms with van der Waals surface area (Å²) in [7, 11) is 2.73. The molecule has 0 saturated carbocycles. The van der Waals surface area contributed by atoms with Gasteiger partial charge in [0.25, 0.3) is 0 Å². The number of hydrogen-bond acceptors (Lipinski definition) is 7. The first-order chi connectivity index (χ1) is 24.8. The molecule has 12 heteroatoms. The van der Waals surface area contributed by atoms with Gasteiger partial charge in [-0.2, -0.15) is 0 Å².